The summed E-state index contributed by atoms with van der Waals surface area (Å²) in [6.07, 6.45) is 0. The molecular weight excluding hydrogens is 340 g/mol. The van der Waals surface area contributed by atoms with Gasteiger partial charge >= 0.3 is 0 Å². The molecule has 1 heterocycles. The molecule has 0 amide bonds. The minimum absolute atomic E-state index is 0.209. The molecule has 8 heteroatoms. The fourth-order valence-electron chi connectivity index (χ4n) is 2.62. The van der Waals surface area contributed by atoms with Gasteiger partial charge in [-0.1, -0.05) is 18.2 Å². The van der Waals surface area contributed by atoms with Gasteiger partial charge in [0.15, 0.2) is 11.5 Å². The Labute approximate surface area is 142 Å². The van der Waals surface area contributed by atoms with E-state index in [2.05, 4.69) is 6.58 Å². The largest absolute Gasteiger partial charge is 0.493 e. The number of methoxy groups -OCH3 is 2. The topological polar surface area (TPSA) is 60.3 Å². The summed E-state index contributed by atoms with van der Waals surface area (Å²) in [5.41, 5.74) is 0. The van der Waals surface area contributed by atoms with E-state index < -0.39 is 10.0 Å². The van der Waals surface area contributed by atoms with Gasteiger partial charge in [0.2, 0.25) is 10.0 Å². The summed E-state index contributed by atoms with van der Waals surface area (Å²) < 4.78 is 37.3. The van der Waals surface area contributed by atoms with Crippen molar-refractivity contribution in [3.05, 3.63) is 29.8 Å². The van der Waals surface area contributed by atoms with Crippen molar-refractivity contribution in [3.63, 3.8) is 0 Å². The molecule has 128 valence electrons. The summed E-state index contributed by atoms with van der Waals surface area (Å²) in [6, 6.07) is 4.63. The Morgan fingerprint density at radius 3 is 2.39 bits per heavy atom. The number of hydrogen-bond acceptors (Lipinski definition) is 4. The van der Waals surface area contributed by atoms with Crippen LogP contribution in [-0.2, 0) is 10.0 Å². The second-order valence-corrected chi connectivity index (χ2v) is 7.84. The molecular formula is C15H22ClN2O4S+. The van der Waals surface area contributed by atoms with Crippen molar-refractivity contribution in [1.82, 2.24) is 4.31 Å². The summed E-state index contributed by atoms with van der Waals surface area (Å²) in [5, 5.41) is 0.594. The highest BCUT2D eigenvalue weighted by molar-refractivity contribution is 7.89. The van der Waals surface area contributed by atoms with Crippen molar-refractivity contribution in [2.45, 2.75) is 4.90 Å². The van der Waals surface area contributed by atoms with Crippen molar-refractivity contribution >= 4 is 21.6 Å². The molecule has 1 aliphatic rings. The Morgan fingerprint density at radius 2 is 1.87 bits per heavy atom. The zero-order chi connectivity index (χ0) is 17.0. The van der Waals surface area contributed by atoms with Gasteiger partial charge < -0.3 is 14.4 Å². The van der Waals surface area contributed by atoms with Crippen LogP contribution in [0, 0.1) is 0 Å². The SMILES string of the molecule is C=C(Cl)C[NH+]1CCN(S(=O)(=O)c2ccc(OC)c(OC)c2)CC1. The molecule has 0 spiro atoms. The molecule has 23 heavy (non-hydrogen) atoms. The van der Waals surface area contributed by atoms with Crippen LogP contribution >= 0.6 is 11.6 Å². The Kier molecular flexibility index (Phi) is 5.91. The van der Waals surface area contributed by atoms with E-state index in [1.54, 1.807) is 6.07 Å². The van der Waals surface area contributed by atoms with Gasteiger partial charge in [-0.05, 0) is 12.1 Å². The molecule has 0 bridgehead atoms. The maximum Gasteiger partial charge on any atom is 0.243 e. The van der Waals surface area contributed by atoms with E-state index in [4.69, 9.17) is 21.1 Å². The smallest absolute Gasteiger partial charge is 0.243 e. The minimum atomic E-state index is -3.54. The molecule has 1 aromatic carbocycles. The first kappa shape index (κ1) is 18.1. The second-order valence-electron chi connectivity index (χ2n) is 5.36. The third-order valence-corrected chi connectivity index (χ3v) is 5.89. The van der Waals surface area contributed by atoms with Gasteiger partial charge in [0.25, 0.3) is 0 Å². The summed E-state index contributed by atoms with van der Waals surface area (Å²) in [7, 11) is -0.548. The number of hydrogen-bond donors (Lipinski definition) is 1. The Balaban J connectivity index is 2.15. The molecule has 0 atom stereocenters. The first-order chi connectivity index (χ1) is 10.9. The Hall–Kier alpha value is -1.28. The summed E-state index contributed by atoms with van der Waals surface area (Å²) in [4.78, 5) is 1.45. The molecule has 1 aliphatic heterocycles. The van der Waals surface area contributed by atoms with Crippen LogP contribution in [0.5, 0.6) is 11.5 Å². The highest BCUT2D eigenvalue weighted by atomic mass is 35.5. The standard InChI is InChI=1S/C15H21ClN2O4S/c1-12(16)11-17-6-8-18(9-7-17)23(19,20)13-4-5-14(21-2)15(10-13)22-3/h4-5,10H,1,6-9,11H2,2-3H3/p+1. The molecule has 2 rings (SSSR count). The maximum absolute atomic E-state index is 12.8. The van der Waals surface area contributed by atoms with Crippen molar-refractivity contribution in [1.29, 1.82) is 0 Å². The third kappa shape index (κ3) is 4.17. The number of halogens is 1. The van der Waals surface area contributed by atoms with E-state index in [9.17, 15) is 8.42 Å². The quantitative estimate of drug-likeness (QED) is 0.794. The number of nitrogens with one attached hydrogen (secondary N) is 1. The molecule has 1 saturated heterocycles. The van der Waals surface area contributed by atoms with Crippen LogP contribution in [0.3, 0.4) is 0 Å². The van der Waals surface area contributed by atoms with Crippen LogP contribution in [0.25, 0.3) is 0 Å². The number of sulfonamides is 1. The predicted octanol–water partition coefficient (Wildman–Crippen LogP) is 0.346. The average Bonchev–Trinajstić information content (AvgIpc) is 2.54. The van der Waals surface area contributed by atoms with E-state index in [-0.39, 0.29) is 4.90 Å². The first-order valence-corrected chi connectivity index (χ1v) is 9.09. The lowest BCUT2D eigenvalue weighted by Crippen LogP contribution is -3.14. The lowest BCUT2D eigenvalue weighted by Gasteiger charge is -2.31. The molecule has 1 aromatic rings. The summed E-state index contributed by atoms with van der Waals surface area (Å²) in [5.74, 6) is 0.901. The van der Waals surface area contributed by atoms with Crippen LogP contribution in [0.1, 0.15) is 0 Å². The molecule has 0 aliphatic carbocycles. The van der Waals surface area contributed by atoms with Crippen LogP contribution in [0.2, 0.25) is 0 Å². The summed E-state index contributed by atoms with van der Waals surface area (Å²) >= 11 is 5.82. The van der Waals surface area contributed by atoms with Crippen molar-refractivity contribution in [3.8, 4) is 11.5 Å². The predicted molar refractivity (Wildman–Crippen MR) is 88.9 cm³/mol. The van der Waals surface area contributed by atoms with Crippen LogP contribution in [-0.4, -0.2) is 59.7 Å². The molecule has 1 fully saturated rings. The van der Waals surface area contributed by atoms with Crippen LogP contribution in [0.15, 0.2) is 34.7 Å². The van der Waals surface area contributed by atoms with E-state index >= 15 is 0 Å². The first-order valence-electron chi connectivity index (χ1n) is 7.27. The van der Waals surface area contributed by atoms with Crippen molar-refractivity contribution in [2.75, 3.05) is 46.9 Å². The van der Waals surface area contributed by atoms with Gasteiger partial charge in [-0.15, -0.1) is 0 Å². The average molecular weight is 362 g/mol. The highest BCUT2D eigenvalue weighted by Gasteiger charge is 2.31. The number of benzene rings is 1. The number of nitrogens with zero attached hydrogens (tertiary/aromatic N) is 1. The van der Waals surface area contributed by atoms with E-state index in [0.29, 0.717) is 49.3 Å². The minimum Gasteiger partial charge on any atom is -0.493 e. The zero-order valence-electron chi connectivity index (χ0n) is 13.3. The second kappa shape index (κ2) is 7.53. The van der Waals surface area contributed by atoms with Gasteiger partial charge in [-0.25, -0.2) is 8.42 Å². The van der Waals surface area contributed by atoms with Gasteiger partial charge in [0.05, 0.1) is 50.3 Å². The summed E-state index contributed by atoms with van der Waals surface area (Å²) in [6.45, 7) is 6.67. The van der Waals surface area contributed by atoms with Gasteiger partial charge in [0, 0.05) is 6.07 Å². The monoisotopic (exact) mass is 361 g/mol. The molecule has 0 saturated carbocycles. The Bertz CT molecular complexity index is 670. The van der Waals surface area contributed by atoms with Gasteiger partial charge in [-0.3, -0.25) is 0 Å². The Morgan fingerprint density at radius 1 is 1.26 bits per heavy atom. The molecule has 0 unspecified atom stereocenters. The number of rotatable bonds is 6. The molecule has 1 N–H and O–H groups in total. The third-order valence-electron chi connectivity index (χ3n) is 3.86. The van der Waals surface area contributed by atoms with Crippen molar-refractivity contribution in [2.24, 2.45) is 0 Å². The van der Waals surface area contributed by atoms with Crippen LogP contribution < -0.4 is 14.4 Å². The fourth-order valence-corrected chi connectivity index (χ4v) is 4.26. The number of quaternary nitrogens is 1. The maximum atomic E-state index is 12.8. The van der Waals surface area contributed by atoms with E-state index in [1.165, 1.54) is 35.6 Å². The number of ether oxygens (including phenoxy) is 2. The number of piperazine rings is 1. The van der Waals surface area contributed by atoms with Crippen molar-refractivity contribution < 1.29 is 22.8 Å². The normalized spacial score (nSPS) is 17.0. The molecule has 6 nitrogen and oxygen atoms in total. The fraction of sp³-hybridized carbons (Fsp3) is 0.467. The lowest BCUT2D eigenvalue weighted by molar-refractivity contribution is -0.898. The highest BCUT2D eigenvalue weighted by Crippen LogP contribution is 2.30. The van der Waals surface area contributed by atoms with E-state index in [0.717, 1.165) is 0 Å². The van der Waals surface area contributed by atoms with Gasteiger partial charge in [-0.2, -0.15) is 4.31 Å². The zero-order valence-corrected chi connectivity index (χ0v) is 14.9. The van der Waals surface area contributed by atoms with E-state index in [1.807, 2.05) is 0 Å². The molecule has 0 aromatic heterocycles. The lowest BCUT2D eigenvalue weighted by atomic mass is 10.3. The molecule has 0 radical (unpaired) electrons. The van der Waals surface area contributed by atoms with Gasteiger partial charge in [0.1, 0.15) is 6.54 Å². The van der Waals surface area contributed by atoms with Crippen LogP contribution in [0.4, 0.5) is 0 Å².